The van der Waals surface area contributed by atoms with Crippen LogP contribution in [0.1, 0.15) is 22.3 Å². The Morgan fingerprint density at radius 1 is 0.722 bits per heavy atom. The number of rotatable bonds is 2. The minimum atomic E-state index is -1.49. The molecule has 2 aromatic carbocycles. The van der Waals surface area contributed by atoms with E-state index in [9.17, 15) is 4.57 Å². The summed E-state index contributed by atoms with van der Waals surface area (Å²) in [5, 5.41) is 1.91. The van der Waals surface area contributed by atoms with Crippen molar-refractivity contribution in [1.29, 1.82) is 0 Å². The first-order valence-corrected chi connectivity index (χ1v) is 7.37. The zero-order chi connectivity index (χ0) is 13.3. The lowest BCUT2D eigenvalue weighted by Gasteiger charge is -2.00. The average Bonchev–Trinajstić information content (AvgIpc) is 2.34. The number of hydrogen-bond donors (Lipinski definition) is 0. The van der Waals surface area contributed by atoms with Crippen molar-refractivity contribution in [2.75, 3.05) is 0 Å². The topological polar surface area (TPSA) is 17.1 Å². The van der Waals surface area contributed by atoms with Crippen LogP contribution < -0.4 is 10.6 Å². The third-order valence-electron chi connectivity index (χ3n) is 3.17. The fourth-order valence-electron chi connectivity index (χ4n) is 2.01. The maximum Gasteiger partial charge on any atom is 0.415 e. The van der Waals surface area contributed by atoms with E-state index in [1.54, 1.807) is 0 Å². The molecule has 0 aliphatic carbocycles. The van der Waals surface area contributed by atoms with Gasteiger partial charge in [0.05, 0.1) is 0 Å². The molecule has 0 aromatic heterocycles. The highest BCUT2D eigenvalue weighted by atomic mass is 31.1. The van der Waals surface area contributed by atoms with Gasteiger partial charge in [-0.25, -0.2) is 0 Å². The van der Waals surface area contributed by atoms with Crippen LogP contribution in [-0.2, 0) is 4.57 Å². The molecule has 18 heavy (non-hydrogen) atoms. The van der Waals surface area contributed by atoms with Crippen LogP contribution in [0.25, 0.3) is 0 Å². The van der Waals surface area contributed by atoms with E-state index in [2.05, 4.69) is 12.1 Å². The molecule has 0 unspecified atom stereocenters. The van der Waals surface area contributed by atoms with E-state index in [-0.39, 0.29) is 0 Å². The third-order valence-corrected chi connectivity index (χ3v) is 5.01. The van der Waals surface area contributed by atoms with Crippen molar-refractivity contribution in [2.24, 2.45) is 0 Å². The Balaban J connectivity index is 2.54. The maximum atomic E-state index is 12.7. The molecule has 2 aromatic rings. The van der Waals surface area contributed by atoms with Gasteiger partial charge in [0.25, 0.3) is 0 Å². The first-order valence-electron chi connectivity index (χ1n) is 6.11. The number of benzene rings is 2. The second-order valence-corrected chi connectivity index (χ2v) is 6.43. The van der Waals surface area contributed by atoms with Gasteiger partial charge in [0.15, 0.2) is 10.6 Å². The molecule has 92 valence electrons. The molecule has 0 amide bonds. The van der Waals surface area contributed by atoms with Crippen LogP contribution in [0, 0.1) is 27.7 Å². The zero-order valence-corrected chi connectivity index (χ0v) is 12.2. The second-order valence-electron chi connectivity index (χ2n) is 4.87. The van der Waals surface area contributed by atoms with Crippen molar-refractivity contribution in [3.05, 3.63) is 58.7 Å². The molecular weight excluding hydrogens is 239 g/mol. The van der Waals surface area contributed by atoms with Gasteiger partial charge in [0.1, 0.15) is 0 Å². The van der Waals surface area contributed by atoms with Crippen LogP contribution in [-0.4, -0.2) is 0 Å². The summed E-state index contributed by atoms with van der Waals surface area (Å²) in [5.74, 6) is 0. The van der Waals surface area contributed by atoms with Gasteiger partial charge in [-0.3, -0.25) is 0 Å². The molecule has 1 nitrogen and oxygen atoms in total. The molecular formula is C16H18OP+. The minimum Gasteiger partial charge on any atom is -0.0613 e. The Hall–Kier alpha value is -1.46. The van der Waals surface area contributed by atoms with Gasteiger partial charge in [-0.05, 0) is 51.0 Å². The Bertz CT molecular complexity index is 561. The molecule has 0 saturated heterocycles. The lowest BCUT2D eigenvalue weighted by atomic mass is 10.2. The Kier molecular flexibility index (Phi) is 3.63. The Morgan fingerprint density at radius 3 is 1.50 bits per heavy atom. The van der Waals surface area contributed by atoms with E-state index < -0.39 is 7.80 Å². The molecule has 2 rings (SSSR count). The molecule has 2 heteroatoms. The van der Waals surface area contributed by atoms with Gasteiger partial charge in [-0.15, -0.1) is 0 Å². The van der Waals surface area contributed by atoms with Crippen LogP contribution in [0.3, 0.4) is 0 Å². The van der Waals surface area contributed by atoms with E-state index in [1.165, 1.54) is 0 Å². The molecule has 0 fully saturated rings. The molecule has 0 aliphatic rings. The molecule has 0 bridgehead atoms. The molecule has 0 spiro atoms. The monoisotopic (exact) mass is 257 g/mol. The highest BCUT2D eigenvalue weighted by Gasteiger charge is 2.27. The van der Waals surface area contributed by atoms with Crippen molar-refractivity contribution < 1.29 is 4.57 Å². The molecule has 0 heterocycles. The summed E-state index contributed by atoms with van der Waals surface area (Å²) < 4.78 is 12.7. The van der Waals surface area contributed by atoms with Crippen molar-refractivity contribution in [3.8, 4) is 0 Å². The quantitative estimate of drug-likeness (QED) is 0.750. The Morgan fingerprint density at radius 2 is 1.11 bits per heavy atom. The largest absolute Gasteiger partial charge is 0.415 e. The van der Waals surface area contributed by atoms with Crippen molar-refractivity contribution in [1.82, 2.24) is 0 Å². The maximum absolute atomic E-state index is 12.7. The second kappa shape index (κ2) is 5.04. The van der Waals surface area contributed by atoms with Crippen molar-refractivity contribution >= 4 is 18.4 Å². The standard InChI is InChI=1S/C16H18OP/c1-11-5-7-13(3)15(9-11)18(17)16-10-12(2)6-8-14(16)4/h5-10H,1-4H3/q+1. The average molecular weight is 257 g/mol. The lowest BCUT2D eigenvalue weighted by Crippen LogP contribution is -2.13. The van der Waals surface area contributed by atoms with Gasteiger partial charge in [0, 0.05) is 11.1 Å². The highest BCUT2D eigenvalue weighted by molar-refractivity contribution is 7.61. The van der Waals surface area contributed by atoms with Gasteiger partial charge < -0.3 is 0 Å². The smallest absolute Gasteiger partial charge is 0.0613 e. The van der Waals surface area contributed by atoms with Crippen LogP contribution in [0.5, 0.6) is 0 Å². The number of aryl methyl sites for hydroxylation is 4. The summed E-state index contributed by atoms with van der Waals surface area (Å²) in [4.78, 5) is 0. The molecule has 0 aliphatic heterocycles. The minimum absolute atomic E-state index is 0.957. The fraction of sp³-hybridized carbons (Fsp3) is 0.250. The van der Waals surface area contributed by atoms with E-state index >= 15 is 0 Å². The fourth-order valence-corrected chi connectivity index (χ4v) is 3.70. The van der Waals surface area contributed by atoms with E-state index in [0.717, 1.165) is 32.9 Å². The lowest BCUT2D eigenvalue weighted by molar-refractivity contribution is 0.598. The number of hydrogen-bond acceptors (Lipinski definition) is 1. The summed E-state index contributed by atoms with van der Waals surface area (Å²) in [5.41, 5.74) is 4.51. The zero-order valence-electron chi connectivity index (χ0n) is 11.3. The van der Waals surface area contributed by atoms with E-state index in [0.29, 0.717) is 0 Å². The van der Waals surface area contributed by atoms with Gasteiger partial charge in [-0.2, -0.15) is 0 Å². The van der Waals surface area contributed by atoms with Gasteiger partial charge in [-0.1, -0.05) is 28.8 Å². The first-order chi connectivity index (χ1) is 8.49. The highest BCUT2D eigenvalue weighted by Crippen LogP contribution is 2.24. The summed E-state index contributed by atoms with van der Waals surface area (Å²) in [7, 11) is -1.49. The molecule has 0 N–H and O–H groups in total. The predicted octanol–water partition coefficient (Wildman–Crippen LogP) is 3.70. The van der Waals surface area contributed by atoms with Crippen LogP contribution >= 0.6 is 7.80 Å². The van der Waals surface area contributed by atoms with Gasteiger partial charge in [0.2, 0.25) is 0 Å². The van der Waals surface area contributed by atoms with Crippen molar-refractivity contribution in [2.45, 2.75) is 27.7 Å². The molecule has 0 atom stereocenters. The van der Waals surface area contributed by atoms with E-state index in [1.807, 2.05) is 52.0 Å². The van der Waals surface area contributed by atoms with Crippen molar-refractivity contribution in [3.63, 3.8) is 0 Å². The van der Waals surface area contributed by atoms with Crippen LogP contribution in [0.4, 0.5) is 0 Å². The molecule has 0 saturated carbocycles. The summed E-state index contributed by atoms with van der Waals surface area (Å²) in [6.07, 6.45) is 0. The predicted molar refractivity (Wildman–Crippen MR) is 78.7 cm³/mol. The third kappa shape index (κ3) is 2.52. The van der Waals surface area contributed by atoms with Gasteiger partial charge >= 0.3 is 7.80 Å². The summed E-state index contributed by atoms with van der Waals surface area (Å²) in [6, 6.07) is 12.3. The first kappa shape index (κ1) is 13.0. The Labute approximate surface area is 110 Å². The molecule has 0 radical (unpaired) electrons. The summed E-state index contributed by atoms with van der Waals surface area (Å²) in [6.45, 7) is 8.12. The van der Waals surface area contributed by atoms with Crippen LogP contribution in [0.15, 0.2) is 36.4 Å². The normalized spacial score (nSPS) is 10.4. The SMILES string of the molecule is Cc1ccc(C)c([P+](=O)c2cc(C)ccc2C)c1. The van der Waals surface area contributed by atoms with E-state index in [4.69, 9.17) is 0 Å². The summed E-state index contributed by atoms with van der Waals surface area (Å²) >= 11 is 0. The van der Waals surface area contributed by atoms with Crippen LogP contribution in [0.2, 0.25) is 0 Å².